The zero-order chi connectivity index (χ0) is 29.3. The van der Waals surface area contributed by atoms with E-state index in [-0.39, 0.29) is 37.5 Å². The molecule has 2 aromatic rings. The van der Waals surface area contributed by atoms with Crippen molar-refractivity contribution in [1.82, 2.24) is 29.7 Å². The van der Waals surface area contributed by atoms with E-state index in [1.807, 2.05) is 38.1 Å². The summed E-state index contributed by atoms with van der Waals surface area (Å²) in [5.41, 5.74) is 0.322. The van der Waals surface area contributed by atoms with Crippen LogP contribution in [0.5, 0.6) is 0 Å². The Balaban J connectivity index is 1.54. The summed E-state index contributed by atoms with van der Waals surface area (Å²) in [4.78, 5) is 47.6. The zero-order valence-corrected chi connectivity index (χ0v) is 23.9. The number of ether oxygens (including phenoxy) is 1. The average molecular weight is 565 g/mol. The molecule has 220 valence electrons. The number of amides is 3. The normalized spacial score (nSPS) is 27.2. The van der Waals surface area contributed by atoms with E-state index >= 15 is 0 Å². The van der Waals surface area contributed by atoms with Gasteiger partial charge in [0.15, 0.2) is 0 Å². The highest BCUT2D eigenvalue weighted by Gasteiger charge is 2.75. The van der Waals surface area contributed by atoms with Crippen LogP contribution in [0.3, 0.4) is 0 Å². The fraction of sp³-hybridized carbons (Fsp3) is 0.567. The molecule has 11 nitrogen and oxygen atoms in total. The van der Waals surface area contributed by atoms with Crippen molar-refractivity contribution in [3.63, 3.8) is 0 Å². The van der Waals surface area contributed by atoms with Crippen LogP contribution in [-0.2, 0) is 25.8 Å². The number of carbonyl (C=O) groups is 3. The van der Waals surface area contributed by atoms with Gasteiger partial charge in [-0.2, -0.15) is 0 Å². The number of hydrogen-bond acceptors (Lipinski definition) is 7. The number of para-hydroxylation sites is 1. The highest BCUT2D eigenvalue weighted by molar-refractivity contribution is 5.99. The number of aromatic nitrogens is 3. The Kier molecular flexibility index (Phi) is 8.28. The molecular weight excluding hydrogens is 524 g/mol. The van der Waals surface area contributed by atoms with E-state index in [0.717, 1.165) is 11.9 Å². The van der Waals surface area contributed by atoms with Crippen molar-refractivity contribution in [1.29, 1.82) is 0 Å². The number of benzene rings is 1. The first-order valence-corrected chi connectivity index (χ1v) is 14.5. The first-order valence-electron chi connectivity index (χ1n) is 14.5. The third-order valence-corrected chi connectivity index (χ3v) is 8.87. The lowest BCUT2D eigenvalue weighted by atomic mass is 9.70. The van der Waals surface area contributed by atoms with Crippen LogP contribution in [0.2, 0.25) is 0 Å². The number of carbonyl (C=O) groups excluding carboxylic acids is 3. The van der Waals surface area contributed by atoms with Crippen LogP contribution in [-0.4, -0.2) is 103 Å². The van der Waals surface area contributed by atoms with Crippen molar-refractivity contribution >= 4 is 28.8 Å². The maximum Gasteiger partial charge on any atom is 0.250 e. The second kappa shape index (κ2) is 11.7. The van der Waals surface area contributed by atoms with E-state index in [2.05, 4.69) is 23.5 Å². The maximum absolute atomic E-state index is 14.6. The van der Waals surface area contributed by atoms with Gasteiger partial charge in [0.05, 0.1) is 36.1 Å². The van der Waals surface area contributed by atoms with Crippen molar-refractivity contribution < 1.29 is 24.2 Å². The molecule has 1 N–H and O–H groups in total. The van der Waals surface area contributed by atoms with E-state index in [1.54, 1.807) is 26.6 Å². The lowest BCUT2D eigenvalue weighted by molar-refractivity contribution is -0.153. The molecule has 0 saturated carbocycles. The fourth-order valence-corrected chi connectivity index (χ4v) is 7.12. The van der Waals surface area contributed by atoms with Crippen LogP contribution >= 0.6 is 0 Å². The Morgan fingerprint density at radius 2 is 1.93 bits per heavy atom. The monoisotopic (exact) mass is 564 g/mol. The SMILES string of the molecule is C=CCN(Cn1nnc2ccccc21)C(=O)C1N([C@@H](CC)CO)C(=O)[C@@H]2[C@@H](C(=O)N(CC=C)CCC)[C@H]3CCC12O3. The van der Waals surface area contributed by atoms with Gasteiger partial charge in [-0.05, 0) is 37.8 Å². The highest BCUT2D eigenvalue weighted by atomic mass is 16.5. The molecule has 1 aromatic heterocycles. The topological polar surface area (TPSA) is 121 Å². The Hall–Kier alpha value is -3.57. The largest absolute Gasteiger partial charge is 0.394 e. The Morgan fingerprint density at radius 3 is 2.61 bits per heavy atom. The van der Waals surface area contributed by atoms with E-state index in [1.165, 1.54) is 4.90 Å². The minimum Gasteiger partial charge on any atom is -0.394 e. The second-order valence-electron chi connectivity index (χ2n) is 11.2. The number of aliphatic hydroxyl groups is 1. The fourth-order valence-electron chi connectivity index (χ4n) is 7.12. The van der Waals surface area contributed by atoms with Gasteiger partial charge in [-0.15, -0.1) is 18.3 Å². The number of hydrogen-bond donors (Lipinski definition) is 1. The molecule has 6 atom stereocenters. The van der Waals surface area contributed by atoms with E-state index in [9.17, 15) is 19.5 Å². The average Bonchev–Trinajstić information content (AvgIpc) is 3.73. The third-order valence-electron chi connectivity index (χ3n) is 8.87. The molecule has 5 rings (SSSR count). The van der Waals surface area contributed by atoms with Crippen LogP contribution in [0.25, 0.3) is 11.0 Å². The minimum atomic E-state index is -1.16. The van der Waals surface area contributed by atoms with Gasteiger partial charge in [-0.1, -0.05) is 43.3 Å². The van der Waals surface area contributed by atoms with Crippen LogP contribution in [0.1, 0.15) is 39.5 Å². The predicted octanol–water partition coefficient (Wildman–Crippen LogP) is 1.97. The molecule has 3 saturated heterocycles. The molecule has 2 unspecified atom stereocenters. The lowest BCUT2D eigenvalue weighted by Gasteiger charge is -2.39. The van der Waals surface area contributed by atoms with Gasteiger partial charge in [0.1, 0.15) is 23.8 Å². The van der Waals surface area contributed by atoms with E-state index < -0.39 is 35.6 Å². The van der Waals surface area contributed by atoms with Crippen molar-refractivity contribution in [3.8, 4) is 0 Å². The number of fused-ring (bicyclic) bond motifs is 2. The summed E-state index contributed by atoms with van der Waals surface area (Å²) in [7, 11) is 0. The highest BCUT2D eigenvalue weighted by Crippen LogP contribution is 2.59. The Labute approximate surface area is 240 Å². The standard InChI is InChI=1S/C30H40N6O5/c1-5-15-33(16-6-2)27(38)24-23-13-14-30(41-23)25(24)28(39)36(20(8-4)18-37)26(30)29(40)34(17-7-3)19-35-22-12-10-9-11-21(22)31-32-35/h5,7,9-12,20,23-26,37H,1,3,6,8,13-19H2,2,4H3/t20-,23+,24-,25-,26?,30?/m0/s1. The summed E-state index contributed by atoms with van der Waals surface area (Å²) in [5, 5.41) is 18.8. The van der Waals surface area contributed by atoms with Gasteiger partial charge in [0.2, 0.25) is 17.7 Å². The summed E-state index contributed by atoms with van der Waals surface area (Å²) < 4.78 is 8.25. The first-order chi connectivity index (χ1) is 19.9. The van der Waals surface area contributed by atoms with Gasteiger partial charge < -0.3 is 24.5 Å². The van der Waals surface area contributed by atoms with Gasteiger partial charge in [0, 0.05) is 19.6 Å². The van der Waals surface area contributed by atoms with Crippen molar-refractivity contribution in [2.75, 3.05) is 26.2 Å². The number of aliphatic hydroxyl groups excluding tert-OH is 1. The molecule has 41 heavy (non-hydrogen) atoms. The molecule has 1 spiro atoms. The summed E-state index contributed by atoms with van der Waals surface area (Å²) in [6, 6.07) is 5.90. The molecule has 11 heteroatoms. The molecule has 2 bridgehead atoms. The molecular formula is C30H40N6O5. The molecule has 3 aliphatic rings. The summed E-state index contributed by atoms with van der Waals surface area (Å²) in [6.45, 7) is 12.4. The molecule has 3 amide bonds. The molecule has 0 radical (unpaired) electrons. The van der Waals surface area contributed by atoms with Crippen molar-refractivity contribution in [3.05, 3.63) is 49.6 Å². The summed E-state index contributed by atoms with van der Waals surface area (Å²) in [5.74, 6) is -2.25. The van der Waals surface area contributed by atoms with Crippen molar-refractivity contribution in [2.45, 2.75) is 70.0 Å². The number of rotatable bonds is 13. The number of nitrogens with zero attached hydrogens (tertiary/aromatic N) is 6. The van der Waals surface area contributed by atoms with Crippen LogP contribution < -0.4 is 0 Å². The van der Waals surface area contributed by atoms with E-state index in [0.29, 0.717) is 37.9 Å². The Bertz CT molecular complexity index is 1320. The third kappa shape index (κ3) is 4.64. The summed E-state index contributed by atoms with van der Waals surface area (Å²) >= 11 is 0. The number of likely N-dealkylation sites (tertiary alicyclic amines) is 1. The first kappa shape index (κ1) is 28.9. The van der Waals surface area contributed by atoms with Gasteiger partial charge >= 0.3 is 0 Å². The van der Waals surface area contributed by atoms with Gasteiger partial charge in [-0.25, -0.2) is 4.68 Å². The molecule has 1 aromatic carbocycles. The molecule has 0 aliphatic carbocycles. The second-order valence-corrected chi connectivity index (χ2v) is 11.2. The van der Waals surface area contributed by atoms with Crippen molar-refractivity contribution in [2.24, 2.45) is 11.8 Å². The van der Waals surface area contributed by atoms with E-state index in [4.69, 9.17) is 4.74 Å². The quantitative estimate of drug-likeness (QED) is 0.369. The zero-order valence-electron chi connectivity index (χ0n) is 23.9. The van der Waals surface area contributed by atoms with Gasteiger partial charge in [0.25, 0.3) is 0 Å². The Morgan fingerprint density at radius 1 is 1.20 bits per heavy atom. The van der Waals surface area contributed by atoms with Crippen LogP contribution in [0.4, 0.5) is 0 Å². The predicted molar refractivity (Wildman–Crippen MR) is 152 cm³/mol. The smallest absolute Gasteiger partial charge is 0.250 e. The maximum atomic E-state index is 14.6. The molecule has 3 fully saturated rings. The van der Waals surface area contributed by atoms with Gasteiger partial charge in [-0.3, -0.25) is 14.4 Å². The minimum absolute atomic E-state index is 0.0932. The molecule has 3 aliphatic heterocycles. The summed E-state index contributed by atoms with van der Waals surface area (Å²) in [6.07, 6.45) is 5.15. The lowest BCUT2D eigenvalue weighted by Crippen LogP contribution is -2.58. The molecule has 4 heterocycles. The van der Waals surface area contributed by atoms with Crippen LogP contribution in [0, 0.1) is 11.8 Å². The van der Waals surface area contributed by atoms with Crippen LogP contribution in [0.15, 0.2) is 49.6 Å².